The van der Waals surface area contributed by atoms with Crippen LogP contribution >= 0.6 is 11.6 Å². The van der Waals surface area contributed by atoms with Crippen molar-refractivity contribution >= 4 is 23.4 Å². The van der Waals surface area contributed by atoms with Crippen molar-refractivity contribution in [3.63, 3.8) is 0 Å². The zero-order valence-electron chi connectivity index (χ0n) is 15.6. The third-order valence-corrected chi connectivity index (χ3v) is 4.30. The van der Waals surface area contributed by atoms with E-state index < -0.39 is 17.8 Å². The van der Waals surface area contributed by atoms with Gasteiger partial charge in [0.25, 0.3) is 0 Å². The molecule has 0 radical (unpaired) electrons. The molecule has 0 saturated heterocycles. The minimum absolute atomic E-state index is 0.295. The summed E-state index contributed by atoms with van der Waals surface area (Å²) in [7, 11) is 0. The van der Waals surface area contributed by atoms with Crippen LogP contribution in [0.2, 0.25) is 5.02 Å². The molecule has 1 amide bonds. The Hall–Kier alpha value is -1.46. The van der Waals surface area contributed by atoms with Gasteiger partial charge in [0.05, 0.1) is 6.10 Å². The Balaban J connectivity index is 3.09. The fraction of sp³-hybridized carbons (Fsp3) is 0.611. The minimum Gasteiger partial charge on any atom is -0.444 e. The van der Waals surface area contributed by atoms with Gasteiger partial charge in [0.2, 0.25) is 0 Å². The number of hydrogen-bond donors (Lipinski definition) is 3. The van der Waals surface area contributed by atoms with Crippen molar-refractivity contribution in [2.24, 2.45) is 0 Å². The summed E-state index contributed by atoms with van der Waals surface area (Å²) < 4.78 is 5.28. The zero-order valence-corrected chi connectivity index (χ0v) is 16.4. The summed E-state index contributed by atoms with van der Waals surface area (Å²) in [6, 6.07) is 0. The van der Waals surface area contributed by atoms with Crippen LogP contribution in [0.15, 0.2) is 0 Å². The van der Waals surface area contributed by atoms with Crippen molar-refractivity contribution < 1.29 is 14.6 Å². The number of alkyl carbamates (subject to hydrolysis) is 1. The molecule has 0 fully saturated rings. The average molecular weight is 357 g/mol. The summed E-state index contributed by atoms with van der Waals surface area (Å²) in [5.41, 5.74) is 4.15. The number of halogens is 1. The molecule has 6 heteroatoms. The first-order valence-electron chi connectivity index (χ1n) is 8.11. The van der Waals surface area contributed by atoms with Crippen LogP contribution in [-0.4, -0.2) is 29.4 Å². The molecule has 3 N–H and O–H groups in total. The van der Waals surface area contributed by atoms with Gasteiger partial charge in [0.1, 0.15) is 5.60 Å². The van der Waals surface area contributed by atoms with E-state index >= 15 is 0 Å². The fourth-order valence-corrected chi connectivity index (χ4v) is 2.62. The average Bonchev–Trinajstić information content (AvgIpc) is 2.44. The maximum absolute atomic E-state index is 11.9. The Morgan fingerprint density at radius 1 is 1.21 bits per heavy atom. The lowest BCUT2D eigenvalue weighted by molar-refractivity contribution is 0.0523. The van der Waals surface area contributed by atoms with Gasteiger partial charge in [0.15, 0.2) is 0 Å². The molecule has 1 rings (SSSR count). The number of hydrogen-bond acceptors (Lipinski definition) is 4. The Morgan fingerprint density at radius 3 is 2.29 bits per heavy atom. The molecule has 0 aromatic heterocycles. The molecule has 136 valence electrons. The number of carbonyl (C=O) groups excluding carboxylic acids is 1. The molecule has 0 saturated carbocycles. The number of carbonyl (C=O) groups is 1. The monoisotopic (exact) mass is 356 g/mol. The number of anilines is 1. The molecule has 0 aliphatic carbocycles. The predicted molar refractivity (Wildman–Crippen MR) is 98.9 cm³/mol. The lowest BCUT2D eigenvalue weighted by Crippen LogP contribution is -2.32. The van der Waals surface area contributed by atoms with E-state index in [2.05, 4.69) is 10.6 Å². The number of aliphatic hydroxyl groups excluding tert-OH is 1. The van der Waals surface area contributed by atoms with Crippen LogP contribution in [0.4, 0.5) is 10.5 Å². The number of aliphatic hydroxyl groups is 1. The van der Waals surface area contributed by atoms with Gasteiger partial charge in [-0.15, -0.1) is 0 Å². The third kappa shape index (κ3) is 5.56. The van der Waals surface area contributed by atoms with Crippen LogP contribution in [0.25, 0.3) is 0 Å². The fourth-order valence-electron chi connectivity index (χ4n) is 2.36. The SMILES string of the molecule is Cc1c(C)c(NCC(C)O)c(CNC(=O)OC(C)(C)C)c(C)c1Cl. The highest BCUT2D eigenvalue weighted by atomic mass is 35.5. The van der Waals surface area contributed by atoms with Gasteiger partial charge in [-0.1, -0.05) is 11.6 Å². The van der Waals surface area contributed by atoms with Crippen LogP contribution < -0.4 is 10.6 Å². The van der Waals surface area contributed by atoms with Gasteiger partial charge in [-0.3, -0.25) is 0 Å². The van der Waals surface area contributed by atoms with Gasteiger partial charge in [0, 0.05) is 23.8 Å². The highest BCUT2D eigenvalue weighted by molar-refractivity contribution is 6.32. The van der Waals surface area contributed by atoms with Crippen LogP contribution in [0, 0.1) is 20.8 Å². The molecule has 1 unspecified atom stereocenters. The lowest BCUT2D eigenvalue weighted by atomic mass is 9.97. The highest BCUT2D eigenvalue weighted by Crippen LogP contribution is 2.34. The smallest absolute Gasteiger partial charge is 0.407 e. The molecule has 0 aliphatic rings. The van der Waals surface area contributed by atoms with Crippen LogP contribution in [0.1, 0.15) is 49.9 Å². The van der Waals surface area contributed by atoms with Gasteiger partial charge < -0.3 is 20.5 Å². The Kier molecular flexibility index (Phi) is 6.93. The van der Waals surface area contributed by atoms with Crippen molar-refractivity contribution in [1.82, 2.24) is 5.32 Å². The van der Waals surface area contributed by atoms with E-state index in [1.807, 2.05) is 41.5 Å². The van der Waals surface area contributed by atoms with Crippen molar-refractivity contribution in [2.75, 3.05) is 11.9 Å². The number of benzene rings is 1. The molecule has 0 spiro atoms. The standard InChI is InChI=1S/C18H29ClN2O3/c1-10(22)8-20-16-12(3)11(2)15(19)13(4)14(16)9-21-17(23)24-18(5,6)7/h10,20,22H,8-9H2,1-7H3,(H,21,23). The zero-order chi connectivity index (χ0) is 18.7. The van der Waals surface area contributed by atoms with Gasteiger partial charge >= 0.3 is 6.09 Å². The molecule has 0 aliphatic heterocycles. The third-order valence-electron chi connectivity index (χ3n) is 3.73. The van der Waals surface area contributed by atoms with Crippen LogP contribution in [0.3, 0.4) is 0 Å². The first-order chi connectivity index (χ1) is 10.9. The first-order valence-corrected chi connectivity index (χ1v) is 8.48. The molecule has 5 nitrogen and oxygen atoms in total. The van der Waals surface area contributed by atoms with Crippen molar-refractivity contribution in [3.8, 4) is 0 Å². The molecule has 1 aromatic rings. The summed E-state index contributed by atoms with van der Waals surface area (Å²) >= 11 is 6.42. The molecule has 1 aromatic carbocycles. The van der Waals surface area contributed by atoms with E-state index in [4.69, 9.17) is 16.3 Å². The predicted octanol–water partition coefficient (Wildman–Crippen LogP) is 4.08. The Morgan fingerprint density at radius 2 is 1.79 bits per heavy atom. The van der Waals surface area contributed by atoms with Crippen molar-refractivity contribution in [3.05, 3.63) is 27.3 Å². The number of amides is 1. The second kappa shape index (κ2) is 8.08. The first kappa shape index (κ1) is 20.6. The van der Waals surface area contributed by atoms with Gasteiger partial charge in [-0.05, 0) is 70.7 Å². The van der Waals surface area contributed by atoms with E-state index in [-0.39, 0.29) is 0 Å². The quantitative estimate of drug-likeness (QED) is 0.743. The number of ether oxygens (including phenoxy) is 1. The van der Waals surface area contributed by atoms with E-state index in [9.17, 15) is 9.90 Å². The van der Waals surface area contributed by atoms with E-state index in [1.54, 1.807) is 6.92 Å². The number of nitrogens with one attached hydrogen (secondary N) is 2. The molecule has 0 heterocycles. The topological polar surface area (TPSA) is 70.6 Å². The molecule has 24 heavy (non-hydrogen) atoms. The molecular weight excluding hydrogens is 328 g/mol. The summed E-state index contributed by atoms with van der Waals surface area (Å²) in [6.07, 6.45) is -0.954. The van der Waals surface area contributed by atoms with E-state index in [0.717, 1.165) is 27.9 Å². The lowest BCUT2D eigenvalue weighted by Gasteiger charge is -2.23. The highest BCUT2D eigenvalue weighted by Gasteiger charge is 2.19. The summed E-state index contributed by atoms with van der Waals surface area (Å²) in [6.45, 7) is 13.8. The Bertz CT molecular complexity index is 608. The molecular formula is C18H29ClN2O3. The van der Waals surface area contributed by atoms with Gasteiger partial charge in [-0.2, -0.15) is 0 Å². The van der Waals surface area contributed by atoms with Crippen molar-refractivity contribution in [2.45, 2.75) is 66.7 Å². The summed E-state index contributed by atoms with van der Waals surface area (Å²) in [5, 5.41) is 16.3. The summed E-state index contributed by atoms with van der Waals surface area (Å²) in [4.78, 5) is 11.9. The normalized spacial score (nSPS) is 12.7. The number of rotatable bonds is 5. The van der Waals surface area contributed by atoms with Crippen molar-refractivity contribution in [1.29, 1.82) is 0 Å². The van der Waals surface area contributed by atoms with E-state index in [1.165, 1.54) is 0 Å². The largest absolute Gasteiger partial charge is 0.444 e. The second-order valence-electron chi connectivity index (χ2n) is 7.13. The van der Waals surface area contributed by atoms with E-state index in [0.29, 0.717) is 18.1 Å². The maximum Gasteiger partial charge on any atom is 0.407 e. The van der Waals surface area contributed by atoms with Crippen LogP contribution in [-0.2, 0) is 11.3 Å². The minimum atomic E-state index is -0.548. The van der Waals surface area contributed by atoms with Gasteiger partial charge in [-0.25, -0.2) is 4.79 Å². The molecule has 0 bridgehead atoms. The Labute approximate surface area is 149 Å². The second-order valence-corrected chi connectivity index (χ2v) is 7.51. The summed E-state index contributed by atoms with van der Waals surface area (Å²) in [5.74, 6) is 0. The maximum atomic E-state index is 11.9. The molecule has 1 atom stereocenters. The van der Waals surface area contributed by atoms with Crippen LogP contribution in [0.5, 0.6) is 0 Å².